The normalized spacial score (nSPS) is 32.3. The van der Waals surface area contributed by atoms with Crippen LogP contribution in [0.1, 0.15) is 47.0 Å². The molecule has 3 fully saturated rings. The number of amides is 2. The van der Waals surface area contributed by atoms with E-state index in [2.05, 4.69) is 48.5 Å². The summed E-state index contributed by atoms with van der Waals surface area (Å²) in [4.78, 5) is 34.5. The minimum Gasteiger partial charge on any atom is -0.357 e. The molecular weight excluding hydrogens is 517 g/mol. The van der Waals surface area contributed by atoms with Crippen LogP contribution in [0.4, 0.5) is 0 Å². The van der Waals surface area contributed by atoms with Gasteiger partial charge < -0.3 is 10.6 Å². The summed E-state index contributed by atoms with van der Waals surface area (Å²) in [6.07, 6.45) is 7.82. The van der Waals surface area contributed by atoms with Crippen molar-refractivity contribution in [1.82, 2.24) is 20.4 Å². The molecule has 180 valence electrons. The second-order valence-electron chi connectivity index (χ2n) is 10.5. The molecule has 2 bridgehead atoms. The van der Waals surface area contributed by atoms with Crippen molar-refractivity contribution in [3.05, 3.63) is 12.2 Å². The Morgan fingerprint density at radius 2 is 1.81 bits per heavy atom. The number of allylic oxidation sites excluding steroid dienone is 2. The van der Waals surface area contributed by atoms with Crippen LogP contribution in [0.2, 0.25) is 0 Å². The maximum atomic E-state index is 12.8. The van der Waals surface area contributed by atoms with Gasteiger partial charge in [0.2, 0.25) is 11.8 Å². The summed E-state index contributed by atoms with van der Waals surface area (Å²) in [6, 6.07) is 0. The number of piperidine rings is 1. The third-order valence-electron chi connectivity index (χ3n) is 7.67. The van der Waals surface area contributed by atoms with Gasteiger partial charge >= 0.3 is 0 Å². The highest BCUT2D eigenvalue weighted by Crippen LogP contribution is 2.52. The minimum atomic E-state index is -0.114. The van der Waals surface area contributed by atoms with Crippen LogP contribution in [0.15, 0.2) is 17.1 Å². The highest BCUT2D eigenvalue weighted by molar-refractivity contribution is 14.0. The summed E-state index contributed by atoms with van der Waals surface area (Å²) in [5.74, 6) is 1.85. The van der Waals surface area contributed by atoms with E-state index in [1.807, 2.05) is 6.92 Å². The fraction of sp³-hybridized carbons (Fsp3) is 0.792. The summed E-state index contributed by atoms with van der Waals surface area (Å²) in [5, 5.41) is 6.64. The number of nitrogens with one attached hydrogen (secondary N) is 2. The van der Waals surface area contributed by atoms with E-state index in [9.17, 15) is 9.59 Å². The summed E-state index contributed by atoms with van der Waals surface area (Å²) in [6.45, 7) is 13.6. The van der Waals surface area contributed by atoms with Gasteiger partial charge in [0, 0.05) is 31.7 Å². The first kappa shape index (κ1) is 25.5. The highest BCUT2D eigenvalue weighted by Gasteiger charge is 2.58. The number of hydrogen-bond donors (Lipinski definition) is 2. The number of nitrogens with zero attached hydrogens (tertiary/aromatic N) is 3. The van der Waals surface area contributed by atoms with E-state index in [0.717, 1.165) is 37.9 Å². The third kappa shape index (κ3) is 5.00. The Labute approximate surface area is 209 Å². The lowest BCUT2D eigenvalue weighted by Gasteiger charge is -2.42. The fourth-order valence-electron chi connectivity index (χ4n) is 5.92. The van der Waals surface area contributed by atoms with E-state index in [1.54, 1.807) is 0 Å². The molecule has 8 heteroatoms. The predicted octanol–water partition coefficient (Wildman–Crippen LogP) is 2.48. The first-order chi connectivity index (χ1) is 14.8. The van der Waals surface area contributed by atoms with Gasteiger partial charge in [0.1, 0.15) is 0 Å². The Kier molecular flexibility index (Phi) is 8.28. The van der Waals surface area contributed by atoms with Crippen molar-refractivity contribution in [2.24, 2.45) is 34.6 Å². The molecule has 0 radical (unpaired) electrons. The topological polar surface area (TPSA) is 77.0 Å². The molecule has 32 heavy (non-hydrogen) atoms. The molecule has 0 aromatic rings. The Morgan fingerprint density at radius 3 is 2.41 bits per heavy atom. The number of hydrogen-bond acceptors (Lipinski definition) is 4. The molecule has 1 saturated carbocycles. The lowest BCUT2D eigenvalue weighted by atomic mass is 9.85. The molecule has 5 atom stereocenters. The number of halogens is 1. The van der Waals surface area contributed by atoms with Crippen LogP contribution in [0.25, 0.3) is 0 Å². The van der Waals surface area contributed by atoms with Crippen molar-refractivity contribution in [3.63, 3.8) is 0 Å². The van der Waals surface area contributed by atoms with Crippen LogP contribution in [-0.4, -0.2) is 72.4 Å². The molecule has 2 amide bonds. The molecule has 0 aromatic heterocycles. The van der Waals surface area contributed by atoms with Crippen LogP contribution < -0.4 is 10.6 Å². The monoisotopic (exact) mass is 557 g/mol. The highest BCUT2D eigenvalue weighted by atomic mass is 127. The average Bonchev–Trinajstić information content (AvgIpc) is 3.41. The van der Waals surface area contributed by atoms with Crippen molar-refractivity contribution >= 4 is 41.8 Å². The van der Waals surface area contributed by atoms with Gasteiger partial charge in [-0.3, -0.25) is 24.4 Å². The van der Waals surface area contributed by atoms with Gasteiger partial charge in [-0.15, -0.1) is 24.0 Å². The Balaban J connectivity index is 0.00000289. The van der Waals surface area contributed by atoms with E-state index in [0.29, 0.717) is 19.6 Å². The third-order valence-corrected chi connectivity index (χ3v) is 7.67. The average molecular weight is 558 g/mol. The summed E-state index contributed by atoms with van der Waals surface area (Å²) < 4.78 is 0. The molecule has 5 unspecified atom stereocenters. The number of imide groups is 1. The quantitative estimate of drug-likeness (QED) is 0.166. The summed E-state index contributed by atoms with van der Waals surface area (Å²) in [5.41, 5.74) is 0.00162. The zero-order chi connectivity index (χ0) is 22.2. The van der Waals surface area contributed by atoms with Gasteiger partial charge in [-0.05, 0) is 64.3 Å². The van der Waals surface area contributed by atoms with Gasteiger partial charge in [0.05, 0.1) is 18.4 Å². The van der Waals surface area contributed by atoms with E-state index in [4.69, 9.17) is 4.99 Å². The maximum Gasteiger partial charge on any atom is 0.233 e. The first-order valence-corrected chi connectivity index (χ1v) is 12.1. The lowest BCUT2D eigenvalue weighted by molar-refractivity contribution is -0.140. The van der Waals surface area contributed by atoms with Gasteiger partial charge in [0.15, 0.2) is 5.96 Å². The van der Waals surface area contributed by atoms with Crippen LogP contribution in [0.3, 0.4) is 0 Å². The molecule has 0 spiro atoms. The number of carbonyl (C=O) groups is 2. The molecule has 2 N–H and O–H groups in total. The molecule has 2 saturated heterocycles. The smallest absolute Gasteiger partial charge is 0.233 e. The van der Waals surface area contributed by atoms with E-state index in [1.165, 1.54) is 17.7 Å². The summed E-state index contributed by atoms with van der Waals surface area (Å²) in [7, 11) is 0. The minimum absolute atomic E-state index is 0. The molecule has 2 aliphatic carbocycles. The SMILES string of the molecule is CCNC(=NCC(C)(C)N1CCCC(C)C1)NCCN1C(=O)C2C3C=CC(C3)C2C1=O.I. The molecule has 2 aliphatic heterocycles. The molecule has 4 rings (SSSR count). The zero-order valence-corrected chi connectivity index (χ0v) is 22.3. The number of rotatable bonds is 7. The largest absolute Gasteiger partial charge is 0.357 e. The number of likely N-dealkylation sites (tertiary alicyclic amines) is 2. The van der Waals surface area contributed by atoms with Crippen LogP contribution in [-0.2, 0) is 9.59 Å². The van der Waals surface area contributed by atoms with E-state index < -0.39 is 0 Å². The van der Waals surface area contributed by atoms with Gasteiger partial charge in [-0.1, -0.05) is 19.1 Å². The second-order valence-corrected chi connectivity index (χ2v) is 10.5. The molecular formula is C24H40IN5O2. The molecule has 4 aliphatic rings. The van der Waals surface area contributed by atoms with Crippen molar-refractivity contribution in [3.8, 4) is 0 Å². The van der Waals surface area contributed by atoms with Crippen LogP contribution in [0.5, 0.6) is 0 Å². The molecule has 2 heterocycles. The van der Waals surface area contributed by atoms with Gasteiger partial charge in [-0.2, -0.15) is 0 Å². The summed E-state index contributed by atoms with van der Waals surface area (Å²) >= 11 is 0. The van der Waals surface area contributed by atoms with Gasteiger partial charge in [0.25, 0.3) is 0 Å². The number of carbonyl (C=O) groups excluding carboxylic acids is 2. The Morgan fingerprint density at radius 1 is 1.16 bits per heavy atom. The fourth-order valence-corrected chi connectivity index (χ4v) is 5.92. The lowest BCUT2D eigenvalue weighted by Crippen LogP contribution is -2.51. The molecule has 7 nitrogen and oxygen atoms in total. The van der Waals surface area contributed by atoms with Crippen LogP contribution in [0, 0.1) is 29.6 Å². The predicted molar refractivity (Wildman–Crippen MR) is 138 cm³/mol. The van der Waals surface area contributed by atoms with Crippen molar-refractivity contribution < 1.29 is 9.59 Å². The Hall–Kier alpha value is -1.16. The zero-order valence-electron chi connectivity index (χ0n) is 20.0. The van der Waals surface area contributed by atoms with E-state index >= 15 is 0 Å². The number of fused-ring (bicyclic) bond motifs is 5. The number of aliphatic imine (C=N–C) groups is 1. The van der Waals surface area contributed by atoms with Crippen molar-refractivity contribution in [1.29, 1.82) is 0 Å². The van der Waals surface area contributed by atoms with Crippen molar-refractivity contribution in [2.45, 2.75) is 52.5 Å². The Bertz CT molecular complexity index is 737. The maximum absolute atomic E-state index is 12.8. The second kappa shape index (κ2) is 10.4. The first-order valence-electron chi connectivity index (χ1n) is 12.1. The number of guanidine groups is 1. The van der Waals surface area contributed by atoms with Crippen LogP contribution >= 0.6 is 24.0 Å². The van der Waals surface area contributed by atoms with Gasteiger partial charge in [-0.25, -0.2) is 0 Å². The van der Waals surface area contributed by atoms with E-state index in [-0.39, 0.29) is 65.0 Å². The van der Waals surface area contributed by atoms with Crippen molar-refractivity contribution in [2.75, 3.05) is 39.3 Å². The molecule has 0 aromatic carbocycles. The standard InChI is InChI=1S/C24H39N5O2.HI/c1-5-25-23(27-15-24(3,4)28-11-6-7-16(2)14-28)26-10-12-29-21(30)19-17-8-9-18(13-17)20(19)22(29)31;/h8-9,16-20H,5-7,10-15H2,1-4H3,(H2,25,26,27);1H.